The summed E-state index contributed by atoms with van der Waals surface area (Å²) in [5, 5.41) is 6.50. The summed E-state index contributed by atoms with van der Waals surface area (Å²) in [4.78, 5) is 45.2. The number of aliphatic imine (C=N–C) groups is 1. The third-order valence-electron chi connectivity index (χ3n) is 6.33. The van der Waals surface area contributed by atoms with E-state index < -0.39 is 29.1 Å². The molecule has 9 nitrogen and oxygen atoms in total. The van der Waals surface area contributed by atoms with Crippen molar-refractivity contribution in [3.63, 3.8) is 0 Å². The number of benzene rings is 1. The minimum Gasteiger partial charge on any atom is -0.366 e. The summed E-state index contributed by atoms with van der Waals surface area (Å²) in [6.07, 6.45) is -0.511. The number of nitrogens with one attached hydrogen (secondary N) is 2. The van der Waals surface area contributed by atoms with Crippen molar-refractivity contribution in [3.05, 3.63) is 62.4 Å². The van der Waals surface area contributed by atoms with Gasteiger partial charge in [-0.15, -0.1) is 0 Å². The monoisotopic (exact) mass is 501 g/mol. The Morgan fingerprint density at radius 1 is 1.31 bits per heavy atom. The number of aromatic nitrogens is 1. The number of nitrogens with zero attached hydrogens (tertiary/aromatic N) is 3. The first-order chi connectivity index (χ1) is 16.7. The number of amides is 2. The number of carbonyl (C=O) groups excluding carboxylic acids is 2. The van der Waals surface area contributed by atoms with Crippen LogP contribution >= 0.6 is 11.6 Å². The number of carbonyl (C=O) groups is 2. The van der Waals surface area contributed by atoms with Gasteiger partial charge in [-0.05, 0) is 30.7 Å². The zero-order valence-electron chi connectivity index (χ0n) is 19.1. The van der Waals surface area contributed by atoms with Gasteiger partial charge in [0.05, 0.1) is 38.5 Å². The molecule has 3 aliphatic rings. The molecule has 0 radical (unpaired) electrons. The molecule has 1 atom stereocenters. The average Bonchev–Trinajstić information content (AvgIpc) is 2.83. The van der Waals surface area contributed by atoms with Crippen molar-refractivity contribution in [1.29, 1.82) is 0 Å². The second-order valence-corrected chi connectivity index (χ2v) is 9.64. The fourth-order valence-corrected chi connectivity index (χ4v) is 4.70. The summed E-state index contributed by atoms with van der Waals surface area (Å²) in [5.74, 6) is -0.560. The Balaban J connectivity index is 1.47. The molecular formula is C24H25ClFN5O4. The Kier molecular flexibility index (Phi) is 6.10. The maximum atomic E-state index is 13.9. The molecule has 4 heterocycles. The Hall–Kier alpha value is -3.24. The highest BCUT2D eigenvalue weighted by molar-refractivity contribution is 6.30. The summed E-state index contributed by atoms with van der Waals surface area (Å²) in [7, 11) is 0. The van der Waals surface area contributed by atoms with Gasteiger partial charge in [-0.25, -0.2) is 4.39 Å². The summed E-state index contributed by atoms with van der Waals surface area (Å²) in [5.41, 5.74) is -0.000724. The highest BCUT2D eigenvalue weighted by Gasteiger charge is 2.42. The zero-order chi connectivity index (χ0) is 24.7. The van der Waals surface area contributed by atoms with E-state index in [0.717, 1.165) is 11.3 Å². The molecule has 184 valence electrons. The van der Waals surface area contributed by atoms with E-state index in [0.29, 0.717) is 36.1 Å². The lowest BCUT2D eigenvalue weighted by Crippen LogP contribution is -2.60. The molecule has 5 rings (SSSR count). The van der Waals surface area contributed by atoms with Gasteiger partial charge < -0.3 is 20.3 Å². The fraction of sp³-hybridized carbons (Fsp3) is 0.417. The van der Waals surface area contributed by atoms with Crippen molar-refractivity contribution in [2.45, 2.75) is 31.8 Å². The fourth-order valence-electron chi connectivity index (χ4n) is 4.57. The van der Waals surface area contributed by atoms with Crippen LogP contribution in [0, 0.1) is 0 Å². The van der Waals surface area contributed by atoms with Crippen LogP contribution in [0.2, 0.25) is 5.02 Å². The number of alkyl halides is 1. The van der Waals surface area contributed by atoms with Crippen molar-refractivity contribution in [2.24, 2.45) is 4.99 Å². The standard InChI is InChI=1S/C24H25ClFN5O4/c1-24(26)12-30(13-24)19(32)11-31-21-16(20-18(10-28-21)27-6-7-35-20)8-17(23(31)34)22(33)29-9-14-2-4-15(25)5-3-14/h2-5,8,20,28H,6-7,9-13H2,1H3,(H,29,33). The van der Waals surface area contributed by atoms with E-state index in [9.17, 15) is 18.8 Å². The molecule has 2 amide bonds. The number of likely N-dealkylation sites (tertiary alicyclic amines) is 1. The Morgan fingerprint density at radius 3 is 2.77 bits per heavy atom. The second kappa shape index (κ2) is 9.09. The van der Waals surface area contributed by atoms with Gasteiger partial charge in [0.2, 0.25) is 5.91 Å². The van der Waals surface area contributed by atoms with E-state index in [4.69, 9.17) is 16.3 Å². The number of rotatable bonds is 5. The Bertz CT molecular complexity index is 1270. The smallest absolute Gasteiger partial charge is 0.265 e. The Labute approximate surface area is 205 Å². The quantitative estimate of drug-likeness (QED) is 0.651. The second-order valence-electron chi connectivity index (χ2n) is 9.20. The number of fused-ring (bicyclic) bond motifs is 3. The van der Waals surface area contributed by atoms with Gasteiger partial charge in [0, 0.05) is 17.1 Å². The topological polar surface area (TPSA) is 105 Å². The van der Waals surface area contributed by atoms with Gasteiger partial charge in [0.25, 0.3) is 11.5 Å². The zero-order valence-corrected chi connectivity index (χ0v) is 19.9. The van der Waals surface area contributed by atoms with Gasteiger partial charge in [-0.2, -0.15) is 0 Å². The molecule has 1 fully saturated rings. The van der Waals surface area contributed by atoms with Crippen molar-refractivity contribution in [2.75, 3.05) is 38.1 Å². The van der Waals surface area contributed by atoms with Gasteiger partial charge in [0.15, 0.2) is 0 Å². The van der Waals surface area contributed by atoms with Crippen LogP contribution in [-0.2, 0) is 22.6 Å². The number of anilines is 1. The first-order valence-corrected chi connectivity index (χ1v) is 11.8. The van der Waals surface area contributed by atoms with Crippen LogP contribution in [0.25, 0.3) is 0 Å². The highest BCUT2D eigenvalue weighted by atomic mass is 35.5. The molecule has 1 unspecified atom stereocenters. The van der Waals surface area contributed by atoms with Crippen molar-refractivity contribution in [1.82, 2.24) is 14.8 Å². The van der Waals surface area contributed by atoms with Gasteiger partial charge >= 0.3 is 0 Å². The predicted molar refractivity (Wildman–Crippen MR) is 129 cm³/mol. The maximum absolute atomic E-state index is 13.9. The first kappa shape index (κ1) is 23.5. The lowest BCUT2D eigenvalue weighted by molar-refractivity contribution is -0.144. The van der Waals surface area contributed by atoms with E-state index in [1.807, 2.05) is 0 Å². The molecule has 0 spiro atoms. The predicted octanol–water partition coefficient (Wildman–Crippen LogP) is 1.94. The minimum absolute atomic E-state index is 0.0278. The molecule has 0 aliphatic carbocycles. The van der Waals surface area contributed by atoms with E-state index in [1.165, 1.54) is 22.5 Å². The first-order valence-electron chi connectivity index (χ1n) is 11.4. The molecule has 3 aliphatic heterocycles. The molecule has 2 aromatic rings. The molecule has 11 heteroatoms. The SMILES string of the molecule is CC1(F)CN(C(=O)Cn2c3c(cc(C(=O)NCc4ccc(Cl)cc4)c2=O)C2OCCN=C2CN3)C1. The molecule has 0 bridgehead atoms. The lowest BCUT2D eigenvalue weighted by atomic mass is 9.97. The summed E-state index contributed by atoms with van der Waals surface area (Å²) in [6, 6.07) is 8.49. The number of halogens is 2. The van der Waals surface area contributed by atoms with Crippen LogP contribution in [0.3, 0.4) is 0 Å². The van der Waals surface area contributed by atoms with Crippen LogP contribution in [0.4, 0.5) is 10.2 Å². The number of ether oxygens (including phenoxy) is 1. The summed E-state index contributed by atoms with van der Waals surface area (Å²) < 4.78 is 21.1. The largest absolute Gasteiger partial charge is 0.366 e. The third kappa shape index (κ3) is 4.68. The van der Waals surface area contributed by atoms with Crippen molar-refractivity contribution < 1.29 is 18.7 Å². The van der Waals surface area contributed by atoms with Crippen LogP contribution < -0.4 is 16.2 Å². The minimum atomic E-state index is -1.43. The van der Waals surface area contributed by atoms with E-state index in [2.05, 4.69) is 15.6 Å². The third-order valence-corrected chi connectivity index (χ3v) is 6.58. The number of hydrogen-bond donors (Lipinski definition) is 2. The van der Waals surface area contributed by atoms with Crippen LogP contribution in [-0.4, -0.2) is 65.4 Å². The van der Waals surface area contributed by atoms with Gasteiger partial charge in [-0.1, -0.05) is 23.7 Å². The lowest BCUT2D eigenvalue weighted by Gasteiger charge is -2.42. The Morgan fingerprint density at radius 2 is 2.06 bits per heavy atom. The maximum Gasteiger partial charge on any atom is 0.265 e. The van der Waals surface area contributed by atoms with E-state index >= 15 is 0 Å². The summed E-state index contributed by atoms with van der Waals surface area (Å²) >= 11 is 5.92. The highest BCUT2D eigenvalue weighted by Crippen LogP contribution is 2.33. The average molecular weight is 502 g/mol. The molecule has 35 heavy (non-hydrogen) atoms. The van der Waals surface area contributed by atoms with Crippen LogP contribution in [0.15, 0.2) is 40.1 Å². The molecule has 0 saturated carbocycles. The number of hydrogen-bond acceptors (Lipinski definition) is 6. The normalized spacial score (nSPS) is 20.0. The van der Waals surface area contributed by atoms with Crippen molar-refractivity contribution in [3.8, 4) is 0 Å². The van der Waals surface area contributed by atoms with E-state index in [-0.39, 0.29) is 31.7 Å². The molecule has 1 aromatic heterocycles. The van der Waals surface area contributed by atoms with E-state index in [1.54, 1.807) is 24.3 Å². The van der Waals surface area contributed by atoms with Gasteiger partial charge in [-0.3, -0.25) is 23.9 Å². The number of pyridine rings is 1. The van der Waals surface area contributed by atoms with Gasteiger partial charge in [0.1, 0.15) is 29.7 Å². The van der Waals surface area contributed by atoms with Crippen LogP contribution in [0.5, 0.6) is 0 Å². The molecule has 1 saturated heterocycles. The van der Waals surface area contributed by atoms with Crippen LogP contribution in [0.1, 0.15) is 34.5 Å². The van der Waals surface area contributed by atoms with Crippen molar-refractivity contribution >= 4 is 34.9 Å². The molecular weight excluding hydrogens is 477 g/mol. The summed E-state index contributed by atoms with van der Waals surface area (Å²) in [6.45, 7) is 2.55. The molecule has 1 aromatic carbocycles. The molecule has 2 N–H and O–H groups in total.